The molecule has 0 radical (unpaired) electrons. The number of halogens is 4. The third-order valence-electron chi connectivity index (χ3n) is 10.3. The first kappa shape index (κ1) is 31.6. The lowest BCUT2D eigenvalue weighted by Gasteiger charge is -2.43. The first-order chi connectivity index (χ1) is 21.8. The van der Waals surface area contributed by atoms with Gasteiger partial charge in [0.2, 0.25) is 0 Å². The number of nitrogens with zero attached hydrogens (tertiary/aromatic N) is 6. The first-order valence-corrected chi connectivity index (χ1v) is 16.8. The van der Waals surface area contributed by atoms with E-state index in [0.29, 0.717) is 38.4 Å². The highest BCUT2D eigenvalue weighted by Gasteiger charge is 2.47. The van der Waals surface area contributed by atoms with Crippen molar-refractivity contribution >= 4 is 29.2 Å². The quantitative estimate of drug-likeness (QED) is 0.369. The van der Waals surface area contributed by atoms with Gasteiger partial charge in [-0.1, -0.05) is 17.7 Å². The first-order valence-electron chi connectivity index (χ1n) is 16.5. The van der Waals surface area contributed by atoms with Crippen molar-refractivity contribution in [3.63, 3.8) is 0 Å². The number of hydrogen-bond acceptors (Lipinski definition) is 8. The van der Waals surface area contributed by atoms with Crippen molar-refractivity contribution in [2.24, 2.45) is 0 Å². The van der Waals surface area contributed by atoms with Crippen molar-refractivity contribution in [2.75, 3.05) is 49.1 Å². The second-order valence-corrected chi connectivity index (χ2v) is 14.9. The number of amides is 1. The summed E-state index contributed by atoms with van der Waals surface area (Å²) in [6.07, 6.45) is 1.75. The number of rotatable bonds is 5. The molecule has 9 nitrogen and oxygen atoms in total. The molecule has 4 saturated heterocycles. The molecule has 0 saturated carbocycles. The van der Waals surface area contributed by atoms with Gasteiger partial charge in [0.1, 0.15) is 18.0 Å². The number of hydrogen-bond donors (Lipinski definition) is 0. The van der Waals surface area contributed by atoms with Gasteiger partial charge in [0.25, 0.3) is 0 Å². The fourth-order valence-electron chi connectivity index (χ4n) is 8.33. The van der Waals surface area contributed by atoms with E-state index in [-0.39, 0.29) is 47.0 Å². The average molecular weight is 663 g/mol. The highest BCUT2D eigenvalue weighted by Crippen LogP contribution is 2.44. The Morgan fingerprint density at radius 2 is 1.72 bits per heavy atom. The minimum atomic E-state index is -4.60. The molecule has 2 atom stereocenters. The summed E-state index contributed by atoms with van der Waals surface area (Å²) >= 11 is 6.10. The number of alkyl halides is 3. The lowest BCUT2D eigenvalue weighted by molar-refractivity contribution is -0.137. The van der Waals surface area contributed by atoms with Crippen LogP contribution >= 0.6 is 11.6 Å². The van der Waals surface area contributed by atoms with Crippen LogP contribution in [0.4, 0.5) is 29.5 Å². The summed E-state index contributed by atoms with van der Waals surface area (Å²) in [6, 6.07) is 4.52. The van der Waals surface area contributed by atoms with Crippen LogP contribution in [0.25, 0.3) is 0 Å². The number of ether oxygens (including phenoxy) is 2. The second kappa shape index (κ2) is 11.6. The number of anilines is 2. The largest absolute Gasteiger partial charge is 0.461 e. The normalized spacial score (nSPS) is 24.3. The van der Waals surface area contributed by atoms with E-state index in [2.05, 4.69) is 9.80 Å². The number of carbonyl (C=O) groups is 1. The van der Waals surface area contributed by atoms with Crippen molar-refractivity contribution in [2.45, 2.75) is 102 Å². The predicted octanol–water partition coefficient (Wildman–Crippen LogP) is 6.31. The maximum absolute atomic E-state index is 14.1. The minimum Gasteiger partial charge on any atom is -0.461 e. The number of carbonyl (C=O) groups excluding carboxylic acids is 1. The molecule has 4 fully saturated rings. The van der Waals surface area contributed by atoms with Crippen LogP contribution in [0.3, 0.4) is 0 Å². The molecule has 1 aromatic carbocycles. The summed E-state index contributed by atoms with van der Waals surface area (Å²) in [5, 5.41) is -0.321. The number of fused-ring (bicyclic) bond motifs is 4. The van der Waals surface area contributed by atoms with Crippen LogP contribution in [0, 0.1) is 0 Å². The Kier molecular flexibility index (Phi) is 7.98. The molecule has 2 bridgehead atoms. The molecule has 2 unspecified atom stereocenters. The Hall–Kier alpha value is -2.99. The molecule has 13 heteroatoms. The molecule has 46 heavy (non-hydrogen) atoms. The summed E-state index contributed by atoms with van der Waals surface area (Å²) in [7, 11) is 0. The van der Waals surface area contributed by atoms with Crippen molar-refractivity contribution in [1.82, 2.24) is 19.8 Å². The average Bonchev–Trinajstić information content (AvgIpc) is 3.64. The van der Waals surface area contributed by atoms with Gasteiger partial charge in [-0.25, -0.2) is 4.79 Å². The lowest BCUT2D eigenvalue weighted by Crippen LogP contribution is -2.57. The molecule has 0 aliphatic carbocycles. The molecule has 5 aliphatic rings. The molecule has 1 amide bonds. The minimum absolute atomic E-state index is 0.00793. The number of aromatic nitrogens is 2. The SMILES string of the molecule is CC(C)(C)OC(=O)N1C2CCC1CN(c1nc(OCC34CCCN3CCC4)nc3c1CCN(c1cccc(Cl)c1C(F)(F)F)C3)C2. The Morgan fingerprint density at radius 1 is 1.02 bits per heavy atom. The molecule has 1 aromatic heterocycles. The molecule has 0 N–H and O–H groups in total. The zero-order chi connectivity index (χ0) is 32.4. The van der Waals surface area contributed by atoms with E-state index in [0.717, 1.165) is 63.0 Å². The highest BCUT2D eigenvalue weighted by atomic mass is 35.5. The van der Waals surface area contributed by atoms with Gasteiger partial charge in [-0.2, -0.15) is 23.1 Å². The van der Waals surface area contributed by atoms with E-state index in [9.17, 15) is 18.0 Å². The smallest absolute Gasteiger partial charge is 0.419 e. The van der Waals surface area contributed by atoms with Crippen molar-refractivity contribution in [3.8, 4) is 6.01 Å². The maximum atomic E-state index is 14.1. The monoisotopic (exact) mass is 662 g/mol. The molecular formula is C33H42ClF3N6O3. The van der Waals surface area contributed by atoms with E-state index >= 15 is 0 Å². The van der Waals surface area contributed by atoms with Gasteiger partial charge in [-0.3, -0.25) is 9.80 Å². The van der Waals surface area contributed by atoms with E-state index in [4.69, 9.17) is 31.0 Å². The van der Waals surface area contributed by atoms with Crippen LogP contribution < -0.4 is 14.5 Å². The predicted molar refractivity (Wildman–Crippen MR) is 169 cm³/mol. The molecular weight excluding hydrogens is 621 g/mol. The fraction of sp³-hybridized carbons (Fsp3) is 0.667. The Bertz CT molecular complexity index is 1480. The number of benzene rings is 1. The van der Waals surface area contributed by atoms with Gasteiger partial charge in [-0.05, 0) is 90.9 Å². The fourth-order valence-corrected chi connectivity index (χ4v) is 8.60. The molecule has 2 aromatic rings. The summed E-state index contributed by atoms with van der Waals surface area (Å²) in [4.78, 5) is 31.3. The summed E-state index contributed by atoms with van der Waals surface area (Å²) in [5.41, 5.74) is 0.206. The topological polar surface area (TPSA) is 74.3 Å². The summed E-state index contributed by atoms with van der Waals surface area (Å²) in [6.45, 7) is 9.95. The second-order valence-electron chi connectivity index (χ2n) is 14.4. The van der Waals surface area contributed by atoms with Crippen LogP contribution in [0.2, 0.25) is 5.02 Å². The van der Waals surface area contributed by atoms with Crippen molar-refractivity contribution in [1.29, 1.82) is 0 Å². The van der Waals surface area contributed by atoms with Crippen LogP contribution in [-0.4, -0.2) is 88.4 Å². The Morgan fingerprint density at radius 3 is 2.37 bits per heavy atom. The van der Waals surface area contributed by atoms with Crippen LogP contribution in [0.5, 0.6) is 6.01 Å². The third kappa shape index (κ3) is 5.84. The van der Waals surface area contributed by atoms with Crippen molar-refractivity contribution < 1.29 is 27.4 Å². The van der Waals surface area contributed by atoms with E-state index in [1.54, 1.807) is 11.0 Å². The highest BCUT2D eigenvalue weighted by molar-refractivity contribution is 6.31. The van der Waals surface area contributed by atoms with Gasteiger partial charge >= 0.3 is 18.3 Å². The summed E-state index contributed by atoms with van der Waals surface area (Å²) < 4.78 is 54.6. The number of piperazine rings is 1. The molecule has 5 aliphatic heterocycles. The van der Waals surface area contributed by atoms with Crippen LogP contribution in [0.15, 0.2) is 18.2 Å². The van der Waals surface area contributed by atoms with Gasteiger partial charge in [-0.15, -0.1) is 0 Å². The third-order valence-corrected chi connectivity index (χ3v) is 10.6. The van der Waals surface area contributed by atoms with Gasteiger partial charge in [0.05, 0.1) is 46.1 Å². The molecule has 250 valence electrons. The van der Waals surface area contributed by atoms with E-state index < -0.39 is 17.3 Å². The van der Waals surface area contributed by atoms with Crippen LogP contribution in [0.1, 0.15) is 76.1 Å². The molecule has 0 spiro atoms. The Labute approximate surface area is 273 Å². The van der Waals surface area contributed by atoms with Gasteiger partial charge < -0.3 is 19.3 Å². The van der Waals surface area contributed by atoms with Gasteiger partial charge in [0.15, 0.2) is 0 Å². The zero-order valence-electron chi connectivity index (χ0n) is 26.7. The van der Waals surface area contributed by atoms with E-state index in [1.807, 2.05) is 25.7 Å². The zero-order valence-corrected chi connectivity index (χ0v) is 27.5. The van der Waals surface area contributed by atoms with Crippen molar-refractivity contribution in [3.05, 3.63) is 40.0 Å². The summed E-state index contributed by atoms with van der Waals surface area (Å²) in [5.74, 6) is 0.759. The Balaban J connectivity index is 1.20. The maximum Gasteiger partial charge on any atom is 0.419 e. The standard InChI is InChI=1S/C33H42ClF3N6O3/c1-31(2,3)46-30(44)43-21-9-10-22(43)18-41(17-21)28-23-11-16-40(26-8-4-7-24(34)27(26)33(35,36)37)19-25(23)38-29(39-28)45-20-32-12-5-14-42(32)15-6-13-32/h4,7-8,21-22H,5-6,9-20H2,1-3H3. The molecule has 6 heterocycles. The van der Waals surface area contributed by atoms with Crippen LogP contribution in [-0.2, 0) is 23.9 Å². The lowest BCUT2D eigenvalue weighted by atomic mass is 9.95. The van der Waals surface area contributed by atoms with Gasteiger partial charge in [0, 0.05) is 25.2 Å². The molecule has 7 rings (SSSR count). The van der Waals surface area contributed by atoms with E-state index in [1.165, 1.54) is 12.1 Å².